The first-order valence-corrected chi connectivity index (χ1v) is 11.8. The molecule has 0 aliphatic carbocycles. The first-order chi connectivity index (χ1) is 19.7. The maximum absolute atomic E-state index is 11.1. The fraction of sp³-hybridized carbons (Fsp3) is 0.385. The number of nitrogens with one attached hydrogen (secondary N) is 4. The quantitative estimate of drug-likeness (QED) is 0.103. The van der Waals surface area contributed by atoms with Crippen LogP contribution in [0.3, 0.4) is 0 Å². The number of hydrogen-bond donors (Lipinski definition) is 7. The van der Waals surface area contributed by atoms with Crippen molar-refractivity contribution in [3.8, 4) is 6.07 Å². The van der Waals surface area contributed by atoms with Crippen molar-refractivity contribution in [3.05, 3.63) is 45.8 Å². The Morgan fingerprint density at radius 2 is 1.64 bits per heavy atom. The predicted molar refractivity (Wildman–Crippen MR) is 159 cm³/mol. The fourth-order valence-corrected chi connectivity index (χ4v) is 2.39. The first kappa shape index (κ1) is 49.2. The summed E-state index contributed by atoms with van der Waals surface area (Å²) in [5.74, 6) is -0.917. The molecule has 0 radical (unpaired) electrons. The van der Waals surface area contributed by atoms with Gasteiger partial charge in [-0.1, -0.05) is 7.43 Å². The standard InChI is InChI=1S/C7H7N3O.C6H9N3O.C5H9NO2.C3H4N2O.C3H6O2.CH3O.CH4.Na/c1-4-2-8-6-5(4)7(11)10-3-9-6;1-3-2-9-5(7)4(3)6(8)10;1-4(7)3-6-5(2)8;4-2-1-3(5)6;1-2-5-3-4;1-2;;/h2-3H,1H3,(H2,8,9,10,11);2,9H,7H2,1H3,(H2,8,10);3H2,1-2H3,(H,6,8);1H2,(H2,5,6);3H,2H2,1H3;1H3;1H4;/q;;;;;-1;;+1. The van der Waals surface area contributed by atoms with Crippen LogP contribution in [0, 0.1) is 25.2 Å². The number of Topliss-reactive ketones (excluding diaryl/α,β-unsaturated/α-hetero) is 1. The molecule has 3 heterocycles. The summed E-state index contributed by atoms with van der Waals surface area (Å²) in [5, 5.41) is 18.9. The van der Waals surface area contributed by atoms with Crippen LogP contribution in [0.5, 0.6) is 0 Å². The van der Waals surface area contributed by atoms with Crippen LogP contribution in [-0.4, -0.2) is 70.2 Å². The van der Waals surface area contributed by atoms with Crippen LogP contribution in [0.2, 0.25) is 0 Å². The van der Waals surface area contributed by atoms with Crippen molar-refractivity contribution < 1.29 is 63.4 Å². The second-order valence-electron chi connectivity index (χ2n) is 7.52. The van der Waals surface area contributed by atoms with E-state index in [1.807, 2.05) is 6.92 Å². The Kier molecular flexibility index (Phi) is 33.5. The van der Waals surface area contributed by atoms with Crippen molar-refractivity contribution in [3.63, 3.8) is 0 Å². The van der Waals surface area contributed by atoms with Gasteiger partial charge >= 0.3 is 29.6 Å². The van der Waals surface area contributed by atoms with E-state index in [-0.39, 0.29) is 67.2 Å². The molecule has 0 saturated carbocycles. The van der Waals surface area contributed by atoms with Gasteiger partial charge in [0.2, 0.25) is 11.8 Å². The number of ketones is 1. The van der Waals surface area contributed by atoms with Gasteiger partial charge in [-0.2, -0.15) is 12.4 Å². The number of ether oxygens (including phenoxy) is 1. The van der Waals surface area contributed by atoms with E-state index in [0.717, 1.165) is 18.2 Å². The molecule has 240 valence electrons. The van der Waals surface area contributed by atoms with Crippen LogP contribution in [0.4, 0.5) is 5.82 Å². The van der Waals surface area contributed by atoms with E-state index in [2.05, 4.69) is 35.7 Å². The number of nitrogens with zero attached hydrogens (tertiary/aromatic N) is 2. The van der Waals surface area contributed by atoms with Crippen LogP contribution in [-0.2, 0) is 23.9 Å². The molecule has 0 fully saturated rings. The number of aryl methyl sites for hydroxylation is 2. The average Bonchev–Trinajstić information content (AvgIpc) is 3.47. The number of primary amides is 2. The minimum Gasteiger partial charge on any atom is -0.857 e. The molecule has 0 aliphatic heterocycles. The zero-order valence-corrected chi connectivity index (χ0v) is 27.3. The number of carbonyl (C=O) groups excluding carboxylic acids is 5. The Morgan fingerprint density at radius 1 is 1.09 bits per heavy atom. The van der Waals surface area contributed by atoms with E-state index in [0.29, 0.717) is 35.5 Å². The number of fused-ring (bicyclic) bond motifs is 1. The zero-order chi connectivity index (χ0) is 33.3. The minimum absolute atomic E-state index is 0. The van der Waals surface area contributed by atoms with E-state index in [9.17, 15) is 28.8 Å². The molecule has 0 aliphatic rings. The number of anilines is 1. The smallest absolute Gasteiger partial charge is 0.857 e. The van der Waals surface area contributed by atoms with Gasteiger partial charge < -0.3 is 47.3 Å². The Bertz CT molecular complexity index is 1330. The summed E-state index contributed by atoms with van der Waals surface area (Å²) in [6, 6.07) is 1.59. The third-order valence-electron chi connectivity index (χ3n) is 4.10. The van der Waals surface area contributed by atoms with E-state index < -0.39 is 11.8 Å². The summed E-state index contributed by atoms with van der Waals surface area (Å²) >= 11 is 0. The maximum Gasteiger partial charge on any atom is 1.00 e. The molecule has 18 heteroatoms. The predicted octanol–water partition coefficient (Wildman–Crippen LogP) is -3.54. The molecule has 0 saturated heterocycles. The Labute approximate surface area is 277 Å². The second kappa shape index (κ2) is 30.0. The maximum atomic E-state index is 11.1. The molecule has 0 spiro atoms. The van der Waals surface area contributed by atoms with Crippen LogP contribution >= 0.6 is 0 Å². The van der Waals surface area contributed by atoms with Crippen molar-refractivity contribution in [2.24, 2.45) is 11.5 Å². The van der Waals surface area contributed by atoms with Crippen molar-refractivity contribution in [2.45, 2.75) is 48.5 Å². The first-order valence-electron chi connectivity index (χ1n) is 11.8. The van der Waals surface area contributed by atoms with Crippen molar-refractivity contribution in [1.29, 1.82) is 5.26 Å². The molecule has 0 bridgehead atoms. The minimum atomic E-state index is -0.572. The van der Waals surface area contributed by atoms with Gasteiger partial charge in [-0.15, -0.1) is 0 Å². The van der Waals surface area contributed by atoms with Gasteiger partial charge in [0, 0.05) is 19.3 Å². The van der Waals surface area contributed by atoms with Gasteiger partial charge in [-0.25, -0.2) is 4.98 Å². The van der Waals surface area contributed by atoms with Gasteiger partial charge in [0.05, 0.1) is 36.5 Å². The third-order valence-corrected chi connectivity index (χ3v) is 4.10. The number of rotatable bonds is 6. The fourth-order valence-electron chi connectivity index (χ4n) is 2.39. The molecule has 0 unspecified atom stereocenters. The molecular weight excluding hydrogens is 589 g/mol. The Balaban J connectivity index is -0.000000144. The Hall–Kier alpha value is -4.50. The number of nitrogens with two attached hydrogens (primary N) is 3. The average molecular weight is 632 g/mol. The SMILES string of the molecule is C.CC(=O)CNC(C)=O.CCOC=O.C[O-].Cc1c[nH]c(N)c1C(N)=O.Cc1c[nH]c2nc[nH]c(=O)c12.N#CCC(N)=O.[Na+]. The molecule has 0 aromatic carbocycles. The summed E-state index contributed by atoms with van der Waals surface area (Å²) in [6.45, 7) is 9.26. The van der Waals surface area contributed by atoms with Crippen molar-refractivity contribution in [2.75, 3.05) is 26.0 Å². The number of H-pyrrole nitrogens is 3. The summed E-state index contributed by atoms with van der Waals surface area (Å²) < 4.78 is 4.15. The number of aromatic nitrogens is 4. The topological polar surface area (TPSA) is 309 Å². The monoisotopic (exact) mass is 631 g/mol. The summed E-state index contributed by atoms with van der Waals surface area (Å²) in [6.07, 6.45) is 4.63. The molecule has 44 heavy (non-hydrogen) atoms. The van der Waals surface area contributed by atoms with E-state index in [4.69, 9.17) is 21.8 Å². The third kappa shape index (κ3) is 24.1. The van der Waals surface area contributed by atoms with Crippen LogP contribution in [0.15, 0.2) is 23.5 Å². The van der Waals surface area contributed by atoms with Gasteiger partial charge in [0.25, 0.3) is 17.9 Å². The summed E-state index contributed by atoms with van der Waals surface area (Å²) in [5.41, 5.74) is 17.6. The number of hydrogen-bond acceptors (Lipinski definition) is 11. The zero-order valence-electron chi connectivity index (χ0n) is 25.3. The van der Waals surface area contributed by atoms with Crippen molar-refractivity contribution >= 4 is 46.8 Å². The van der Waals surface area contributed by atoms with E-state index in [1.165, 1.54) is 20.2 Å². The van der Waals surface area contributed by atoms with Gasteiger partial charge in [0.15, 0.2) is 0 Å². The number of aromatic amines is 3. The number of carbonyl (C=O) groups is 5. The van der Waals surface area contributed by atoms with Gasteiger partial charge in [0.1, 0.15) is 23.7 Å². The molecule has 10 N–H and O–H groups in total. The van der Waals surface area contributed by atoms with E-state index >= 15 is 0 Å². The number of nitriles is 1. The molecule has 3 aromatic rings. The van der Waals surface area contributed by atoms with Crippen LogP contribution in [0.25, 0.3) is 11.0 Å². The van der Waals surface area contributed by atoms with Gasteiger partial charge in [-0.3, -0.25) is 28.8 Å². The molecule has 17 nitrogen and oxygen atoms in total. The Morgan fingerprint density at radius 3 is 1.89 bits per heavy atom. The molecule has 3 rings (SSSR count). The second-order valence-corrected chi connectivity index (χ2v) is 7.52. The van der Waals surface area contributed by atoms with Crippen LogP contribution in [0.1, 0.15) is 56.1 Å². The number of nitrogen functional groups attached to an aromatic ring is 1. The van der Waals surface area contributed by atoms with Crippen molar-refractivity contribution in [1.82, 2.24) is 25.3 Å². The largest absolute Gasteiger partial charge is 1.00 e. The summed E-state index contributed by atoms with van der Waals surface area (Å²) in [7, 11) is 0.750. The normalized spacial score (nSPS) is 8.14. The van der Waals surface area contributed by atoms with Crippen LogP contribution < -0.4 is 62.7 Å². The molecule has 3 amide bonds. The number of amides is 3. The molecular formula is C26H42N9NaO8. The molecule has 3 aromatic heterocycles. The summed E-state index contributed by atoms with van der Waals surface area (Å²) in [4.78, 5) is 72.8. The van der Waals surface area contributed by atoms with E-state index in [1.54, 1.807) is 32.3 Å². The van der Waals surface area contributed by atoms with Gasteiger partial charge in [-0.05, 0) is 38.8 Å². The molecule has 0 atom stereocenters.